The molecule has 0 bridgehead atoms. The lowest BCUT2D eigenvalue weighted by molar-refractivity contribution is 0.00578. The highest BCUT2D eigenvalue weighted by molar-refractivity contribution is 6.45. The first-order valence-electron chi connectivity index (χ1n) is 7.90. The average molecular weight is 269 g/mol. The average Bonchev–Trinajstić information content (AvgIpc) is 2.48. The molecule has 4 heteroatoms. The van der Waals surface area contributed by atoms with Gasteiger partial charge in [0.05, 0.1) is 11.2 Å². The molecule has 0 N–H and O–H groups in total. The van der Waals surface area contributed by atoms with Gasteiger partial charge in [-0.05, 0) is 72.9 Å². The first-order valence-corrected chi connectivity index (χ1v) is 7.90. The van der Waals surface area contributed by atoms with Crippen molar-refractivity contribution in [3.63, 3.8) is 0 Å². The van der Waals surface area contributed by atoms with Crippen LogP contribution >= 0.6 is 0 Å². The molecule has 1 fully saturated rings. The molecule has 3 nitrogen and oxygen atoms in total. The van der Waals surface area contributed by atoms with Crippen molar-refractivity contribution in [2.24, 2.45) is 0 Å². The van der Waals surface area contributed by atoms with E-state index in [-0.39, 0.29) is 18.3 Å². The summed E-state index contributed by atoms with van der Waals surface area (Å²) in [4.78, 5) is 2.55. The van der Waals surface area contributed by atoms with Crippen LogP contribution in [0.2, 0.25) is 6.32 Å². The molecule has 0 aliphatic carbocycles. The van der Waals surface area contributed by atoms with Gasteiger partial charge < -0.3 is 14.2 Å². The fourth-order valence-electron chi connectivity index (χ4n) is 2.53. The normalized spacial score (nSPS) is 21.3. The van der Waals surface area contributed by atoms with Crippen LogP contribution in [-0.4, -0.2) is 42.9 Å². The summed E-state index contributed by atoms with van der Waals surface area (Å²) in [7, 11) is -0.0323. The van der Waals surface area contributed by atoms with Crippen LogP contribution in [-0.2, 0) is 9.31 Å². The molecule has 0 radical (unpaired) electrons. The van der Waals surface area contributed by atoms with Gasteiger partial charge in [0.15, 0.2) is 0 Å². The Kier molecular flexibility index (Phi) is 6.35. The third kappa shape index (κ3) is 4.76. The molecule has 19 heavy (non-hydrogen) atoms. The van der Waals surface area contributed by atoms with Crippen LogP contribution in [0.1, 0.15) is 60.8 Å². The van der Waals surface area contributed by atoms with Crippen molar-refractivity contribution in [2.45, 2.75) is 78.3 Å². The molecule has 0 unspecified atom stereocenters. The van der Waals surface area contributed by atoms with E-state index in [1.54, 1.807) is 0 Å². The third-order valence-electron chi connectivity index (χ3n) is 4.30. The van der Waals surface area contributed by atoms with Gasteiger partial charge in [-0.25, -0.2) is 0 Å². The van der Waals surface area contributed by atoms with Crippen molar-refractivity contribution in [3.05, 3.63) is 0 Å². The summed E-state index contributed by atoms with van der Waals surface area (Å²) in [5, 5.41) is 0. The first kappa shape index (κ1) is 17.0. The summed E-state index contributed by atoms with van der Waals surface area (Å²) in [6.45, 7) is 16.5. The van der Waals surface area contributed by atoms with E-state index in [1.165, 1.54) is 25.9 Å². The molecule has 0 saturated carbocycles. The predicted molar refractivity (Wildman–Crippen MR) is 82.5 cm³/mol. The molecule has 0 aromatic rings. The van der Waals surface area contributed by atoms with Crippen LogP contribution in [0, 0.1) is 0 Å². The minimum atomic E-state index is -0.190. The Morgan fingerprint density at radius 1 is 0.842 bits per heavy atom. The molecule has 1 aliphatic heterocycles. The molecule has 0 amide bonds. The van der Waals surface area contributed by atoms with E-state index in [0.717, 1.165) is 19.3 Å². The van der Waals surface area contributed by atoms with Crippen molar-refractivity contribution in [3.8, 4) is 0 Å². The first-order chi connectivity index (χ1) is 8.82. The minimum absolute atomic E-state index is 0.0323. The molecule has 0 spiro atoms. The zero-order valence-electron chi connectivity index (χ0n) is 13.8. The van der Waals surface area contributed by atoms with Crippen LogP contribution in [0.4, 0.5) is 0 Å². The monoisotopic (exact) mass is 269 g/mol. The van der Waals surface area contributed by atoms with Gasteiger partial charge in [0.25, 0.3) is 0 Å². The van der Waals surface area contributed by atoms with E-state index in [2.05, 4.69) is 46.4 Å². The van der Waals surface area contributed by atoms with E-state index < -0.39 is 0 Å². The Bertz CT molecular complexity index is 247. The van der Waals surface area contributed by atoms with Crippen molar-refractivity contribution in [2.75, 3.05) is 19.6 Å². The number of nitrogens with zero attached hydrogens (tertiary/aromatic N) is 1. The third-order valence-corrected chi connectivity index (χ3v) is 4.30. The molecule has 0 aromatic carbocycles. The molecular formula is C15H32BNO2. The molecular weight excluding hydrogens is 237 g/mol. The maximum Gasteiger partial charge on any atom is 0.457 e. The molecule has 0 atom stereocenters. The minimum Gasteiger partial charge on any atom is -0.403 e. The fraction of sp³-hybridized carbons (Fsp3) is 1.00. The largest absolute Gasteiger partial charge is 0.457 e. The SMILES string of the molecule is CCCN(CCC)CCCB1OC(C)(C)C(C)(C)O1. The van der Waals surface area contributed by atoms with E-state index >= 15 is 0 Å². The number of hydrogen-bond acceptors (Lipinski definition) is 3. The maximum absolute atomic E-state index is 6.03. The summed E-state index contributed by atoms with van der Waals surface area (Å²) >= 11 is 0. The zero-order chi connectivity index (χ0) is 14.5. The second kappa shape index (κ2) is 7.10. The Morgan fingerprint density at radius 2 is 1.32 bits per heavy atom. The van der Waals surface area contributed by atoms with Crippen molar-refractivity contribution < 1.29 is 9.31 Å². The van der Waals surface area contributed by atoms with Gasteiger partial charge in [-0.1, -0.05) is 13.8 Å². The highest BCUT2D eigenvalue weighted by Gasteiger charge is 2.50. The van der Waals surface area contributed by atoms with E-state index in [9.17, 15) is 0 Å². The zero-order valence-corrected chi connectivity index (χ0v) is 13.8. The summed E-state index contributed by atoms with van der Waals surface area (Å²) in [5.41, 5.74) is -0.381. The van der Waals surface area contributed by atoms with Gasteiger partial charge in [-0.3, -0.25) is 0 Å². The lowest BCUT2D eigenvalue weighted by atomic mass is 9.83. The summed E-state index contributed by atoms with van der Waals surface area (Å²) in [5.74, 6) is 0. The lowest BCUT2D eigenvalue weighted by Crippen LogP contribution is -2.41. The molecule has 1 saturated heterocycles. The van der Waals surface area contributed by atoms with Crippen LogP contribution in [0.15, 0.2) is 0 Å². The lowest BCUT2D eigenvalue weighted by Gasteiger charge is -2.32. The number of hydrogen-bond donors (Lipinski definition) is 0. The standard InChI is InChI=1S/C15H32BNO2/c1-7-11-17(12-8-2)13-9-10-16-18-14(3,4)15(5,6)19-16/h7-13H2,1-6H3. The Morgan fingerprint density at radius 3 is 1.74 bits per heavy atom. The van der Waals surface area contributed by atoms with Crippen molar-refractivity contribution >= 4 is 7.12 Å². The van der Waals surface area contributed by atoms with Gasteiger partial charge >= 0.3 is 7.12 Å². The van der Waals surface area contributed by atoms with Crippen molar-refractivity contribution in [1.82, 2.24) is 4.90 Å². The van der Waals surface area contributed by atoms with E-state index in [1.807, 2.05) is 0 Å². The maximum atomic E-state index is 6.03. The topological polar surface area (TPSA) is 21.7 Å². The summed E-state index contributed by atoms with van der Waals surface area (Å²) in [6, 6.07) is 0. The highest BCUT2D eigenvalue weighted by Crippen LogP contribution is 2.37. The summed E-state index contributed by atoms with van der Waals surface area (Å²) in [6.07, 6.45) is 4.61. The van der Waals surface area contributed by atoms with Crippen LogP contribution in [0.5, 0.6) is 0 Å². The van der Waals surface area contributed by atoms with Crippen molar-refractivity contribution in [1.29, 1.82) is 0 Å². The van der Waals surface area contributed by atoms with Gasteiger partial charge in [0, 0.05) is 0 Å². The smallest absolute Gasteiger partial charge is 0.403 e. The van der Waals surface area contributed by atoms with Crippen LogP contribution < -0.4 is 0 Å². The van der Waals surface area contributed by atoms with E-state index in [4.69, 9.17) is 9.31 Å². The Hall–Kier alpha value is -0.0551. The predicted octanol–water partition coefficient (Wildman–Crippen LogP) is 3.59. The molecule has 1 rings (SSSR count). The van der Waals surface area contributed by atoms with E-state index in [0.29, 0.717) is 0 Å². The van der Waals surface area contributed by atoms with Crippen LogP contribution in [0.25, 0.3) is 0 Å². The Balaban J connectivity index is 2.30. The fourth-order valence-corrected chi connectivity index (χ4v) is 2.53. The number of rotatable bonds is 8. The highest BCUT2D eigenvalue weighted by atomic mass is 16.7. The quantitative estimate of drug-likeness (QED) is 0.628. The van der Waals surface area contributed by atoms with Gasteiger partial charge in [0.2, 0.25) is 0 Å². The Labute approximate surface area is 120 Å². The molecule has 1 aliphatic rings. The molecule has 112 valence electrons. The molecule has 0 aromatic heterocycles. The second-order valence-corrected chi connectivity index (χ2v) is 6.67. The van der Waals surface area contributed by atoms with Crippen LogP contribution in [0.3, 0.4) is 0 Å². The van der Waals surface area contributed by atoms with Gasteiger partial charge in [-0.15, -0.1) is 0 Å². The second-order valence-electron chi connectivity index (χ2n) is 6.67. The van der Waals surface area contributed by atoms with Gasteiger partial charge in [-0.2, -0.15) is 0 Å². The molecule has 1 heterocycles. The summed E-state index contributed by atoms with van der Waals surface area (Å²) < 4.78 is 12.1. The van der Waals surface area contributed by atoms with Gasteiger partial charge in [0.1, 0.15) is 0 Å².